The van der Waals surface area contributed by atoms with Gasteiger partial charge in [0.15, 0.2) is 9.84 Å². The van der Waals surface area contributed by atoms with Gasteiger partial charge >= 0.3 is 0 Å². The topological polar surface area (TPSA) is 71.5 Å². The first kappa shape index (κ1) is 22.2. The summed E-state index contributed by atoms with van der Waals surface area (Å²) in [7, 11) is -2.94. The molecule has 0 aromatic heterocycles. The standard InChI is InChI=1S/C24H29NO4S/c1-18(2)30(28,29)16-10-5-3-4-7-11-19-14-15-21-22(17-19)24(27)25(23(21)26)20-12-8-6-9-13-20/h6,8-9,12-15,17-18H,3-5,7,10-11,16H2,1-2H3. The van der Waals surface area contributed by atoms with Crippen molar-refractivity contribution >= 4 is 27.3 Å². The third-order valence-corrected chi connectivity index (χ3v) is 7.87. The molecular formula is C24H29NO4S. The molecule has 5 nitrogen and oxygen atoms in total. The van der Waals surface area contributed by atoms with Gasteiger partial charge in [0.2, 0.25) is 0 Å². The van der Waals surface area contributed by atoms with Crippen molar-refractivity contribution in [3.8, 4) is 0 Å². The number of anilines is 1. The second kappa shape index (κ2) is 9.56. The van der Waals surface area contributed by atoms with Gasteiger partial charge in [0.25, 0.3) is 11.8 Å². The summed E-state index contributed by atoms with van der Waals surface area (Å²) in [6, 6.07) is 14.5. The molecule has 0 N–H and O–H groups in total. The molecule has 2 aromatic rings. The summed E-state index contributed by atoms with van der Waals surface area (Å²) in [5.74, 6) is -0.276. The molecule has 1 heterocycles. The first-order valence-corrected chi connectivity index (χ1v) is 12.3. The van der Waals surface area contributed by atoms with Crippen LogP contribution in [0.4, 0.5) is 5.69 Å². The van der Waals surface area contributed by atoms with Gasteiger partial charge in [-0.15, -0.1) is 0 Å². The molecule has 2 amide bonds. The molecule has 0 aliphatic carbocycles. The maximum Gasteiger partial charge on any atom is 0.266 e. The van der Waals surface area contributed by atoms with E-state index in [0.29, 0.717) is 23.2 Å². The number of hydrogen-bond acceptors (Lipinski definition) is 4. The number of carbonyl (C=O) groups is 2. The number of sulfone groups is 1. The van der Waals surface area contributed by atoms with E-state index in [1.54, 1.807) is 32.0 Å². The number of benzene rings is 2. The Labute approximate surface area is 179 Å². The number of carbonyl (C=O) groups excluding carboxylic acids is 2. The first-order valence-electron chi connectivity index (χ1n) is 10.6. The molecule has 1 aliphatic rings. The zero-order chi connectivity index (χ0) is 21.7. The molecular weight excluding hydrogens is 398 g/mol. The number of nitrogens with zero attached hydrogens (tertiary/aromatic N) is 1. The van der Waals surface area contributed by atoms with Gasteiger partial charge in [0, 0.05) is 0 Å². The molecule has 0 unspecified atom stereocenters. The summed E-state index contributed by atoms with van der Waals surface area (Å²) in [5, 5.41) is -0.301. The highest BCUT2D eigenvalue weighted by Gasteiger charge is 2.36. The van der Waals surface area contributed by atoms with Crippen molar-refractivity contribution in [3.63, 3.8) is 0 Å². The molecule has 6 heteroatoms. The Morgan fingerprint density at radius 2 is 1.43 bits per heavy atom. The van der Waals surface area contributed by atoms with Crippen molar-refractivity contribution in [1.29, 1.82) is 0 Å². The fraction of sp³-hybridized carbons (Fsp3) is 0.417. The number of rotatable bonds is 10. The van der Waals surface area contributed by atoms with Crippen LogP contribution < -0.4 is 4.90 Å². The Hall–Kier alpha value is -2.47. The molecule has 0 saturated heterocycles. The monoisotopic (exact) mass is 427 g/mol. The summed E-state index contributed by atoms with van der Waals surface area (Å²) in [5.41, 5.74) is 2.57. The lowest BCUT2D eigenvalue weighted by Crippen LogP contribution is -2.29. The third kappa shape index (κ3) is 4.98. The van der Waals surface area contributed by atoms with Crippen molar-refractivity contribution in [2.75, 3.05) is 10.7 Å². The van der Waals surface area contributed by atoms with Gasteiger partial charge in [-0.3, -0.25) is 9.59 Å². The number of amides is 2. The van der Waals surface area contributed by atoms with E-state index in [-0.39, 0.29) is 22.8 Å². The van der Waals surface area contributed by atoms with E-state index < -0.39 is 9.84 Å². The number of para-hydroxylation sites is 1. The maximum absolute atomic E-state index is 12.8. The normalized spacial score (nSPS) is 13.9. The predicted octanol–water partition coefficient (Wildman–Crippen LogP) is 4.80. The van der Waals surface area contributed by atoms with Crippen LogP contribution in [0.5, 0.6) is 0 Å². The van der Waals surface area contributed by atoms with E-state index in [0.717, 1.165) is 37.7 Å². The smallest absolute Gasteiger partial charge is 0.266 e. The molecule has 30 heavy (non-hydrogen) atoms. The molecule has 0 saturated carbocycles. The van der Waals surface area contributed by atoms with Gasteiger partial charge in [-0.05, 0) is 62.9 Å². The van der Waals surface area contributed by atoms with Crippen LogP contribution in [0.25, 0.3) is 0 Å². The number of fused-ring (bicyclic) bond motifs is 1. The van der Waals surface area contributed by atoms with Crippen molar-refractivity contribution in [2.45, 2.75) is 57.6 Å². The quantitative estimate of drug-likeness (QED) is 0.403. The number of unbranched alkanes of at least 4 members (excludes halogenated alkanes) is 4. The second-order valence-electron chi connectivity index (χ2n) is 8.09. The third-order valence-electron chi connectivity index (χ3n) is 5.58. The molecule has 0 radical (unpaired) electrons. The van der Waals surface area contributed by atoms with E-state index in [1.807, 2.05) is 30.3 Å². The van der Waals surface area contributed by atoms with Crippen molar-refractivity contribution in [3.05, 3.63) is 65.2 Å². The molecule has 0 atom stereocenters. The summed E-state index contributed by atoms with van der Waals surface area (Å²) in [4.78, 5) is 26.7. The highest BCUT2D eigenvalue weighted by Crippen LogP contribution is 2.29. The van der Waals surface area contributed by atoms with Gasteiger partial charge in [0.05, 0.1) is 27.8 Å². The lowest BCUT2D eigenvalue weighted by molar-refractivity contribution is 0.0926. The van der Waals surface area contributed by atoms with Crippen LogP contribution in [0.15, 0.2) is 48.5 Å². The fourth-order valence-electron chi connectivity index (χ4n) is 3.65. The van der Waals surface area contributed by atoms with Crippen LogP contribution in [0.2, 0.25) is 0 Å². The van der Waals surface area contributed by atoms with Crippen LogP contribution in [0.1, 0.15) is 72.2 Å². The zero-order valence-electron chi connectivity index (χ0n) is 17.6. The molecule has 2 aromatic carbocycles. The molecule has 3 rings (SSSR count). The Balaban J connectivity index is 1.50. The minimum Gasteiger partial charge on any atom is -0.268 e. The van der Waals surface area contributed by atoms with Gasteiger partial charge < -0.3 is 0 Å². The van der Waals surface area contributed by atoms with Gasteiger partial charge in [-0.2, -0.15) is 0 Å². The summed E-state index contributed by atoms with van der Waals surface area (Å²) >= 11 is 0. The fourth-order valence-corrected chi connectivity index (χ4v) is 4.73. The van der Waals surface area contributed by atoms with Crippen LogP contribution in [-0.4, -0.2) is 31.2 Å². The van der Waals surface area contributed by atoms with E-state index in [1.165, 1.54) is 4.90 Å². The van der Waals surface area contributed by atoms with E-state index >= 15 is 0 Å². The highest BCUT2D eigenvalue weighted by atomic mass is 32.2. The minimum absolute atomic E-state index is 0.267. The van der Waals surface area contributed by atoms with E-state index in [2.05, 4.69) is 0 Å². The number of imide groups is 1. The van der Waals surface area contributed by atoms with Crippen molar-refractivity contribution in [1.82, 2.24) is 0 Å². The summed E-state index contributed by atoms with van der Waals surface area (Å²) < 4.78 is 23.6. The zero-order valence-corrected chi connectivity index (χ0v) is 18.5. The van der Waals surface area contributed by atoms with Crippen LogP contribution >= 0.6 is 0 Å². The maximum atomic E-state index is 12.8. The van der Waals surface area contributed by atoms with Crippen molar-refractivity contribution in [2.24, 2.45) is 0 Å². The Kier molecular flexibility index (Phi) is 7.08. The second-order valence-corrected chi connectivity index (χ2v) is 10.8. The van der Waals surface area contributed by atoms with Gasteiger partial charge in [0.1, 0.15) is 0 Å². The average Bonchev–Trinajstić information content (AvgIpc) is 2.97. The van der Waals surface area contributed by atoms with E-state index in [4.69, 9.17) is 0 Å². The lowest BCUT2D eigenvalue weighted by Gasteiger charge is -2.13. The molecule has 1 aliphatic heterocycles. The Bertz CT molecular complexity index is 1010. The van der Waals surface area contributed by atoms with Crippen LogP contribution in [0.3, 0.4) is 0 Å². The minimum atomic E-state index is -2.94. The largest absolute Gasteiger partial charge is 0.268 e. The predicted molar refractivity (Wildman–Crippen MR) is 120 cm³/mol. The first-order chi connectivity index (χ1) is 14.3. The Morgan fingerprint density at radius 3 is 2.13 bits per heavy atom. The molecule has 0 fully saturated rings. The number of aryl methyl sites for hydroxylation is 1. The SMILES string of the molecule is CC(C)S(=O)(=O)CCCCCCCc1ccc2c(c1)C(=O)N(c1ccccc1)C2=O. The molecule has 0 spiro atoms. The molecule has 160 valence electrons. The van der Waals surface area contributed by atoms with E-state index in [9.17, 15) is 18.0 Å². The van der Waals surface area contributed by atoms with Gasteiger partial charge in [-0.25, -0.2) is 13.3 Å². The Morgan fingerprint density at radius 1 is 0.800 bits per heavy atom. The highest BCUT2D eigenvalue weighted by molar-refractivity contribution is 7.91. The van der Waals surface area contributed by atoms with Crippen LogP contribution in [-0.2, 0) is 16.3 Å². The van der Waals surface area contributed by atoms with Crippen molar-refractivity contribution < 1.29 is 18.0 Å². The summed E-state index contributed by atoms with van der Waals surface area (Å²) in [6.45, 7) is 3.45. The molecule has 0 bridgehead atoms. The van der Waals surface area contributed by atoms with Crippen LogP contribution in [0, 0.1) is 0 Å². The van der Waals surface area contributed by atoms with Gasteiger partial charge in [-0.1, -0.05) is 43.5 Å². The lowest BCUT2D eigenvalue weighted by atomic mass is 10.0. The number of hydrogen-bond donors (Lipinski definition) is 0. The average molecular weight is 428 g/mol. The summed E-state index contributed by atoms with van der Waals surface area (Å²) in [6.07, 6.45) is 5.45.